The van der Waals surface area contributed by atoms with E-state index in [1.54, 1.807) is 20.3 Å². The van der Waals surface area contributed by atoms with E-state index in [-0.39, 0.29) is 5.91 Å². The number of aryl methyl sites for hydroxylation is 1. The van der Waals surface area contributed by atoms with Crippen LogP contribution in [0.25, 0.3) is 6.08 Å². The molecule has 0 spiro atoms. The van der Waals surface area contributed by atoms with Gasteiger partial charge in [0.05, 0.1) is 14.2 Å². The Kier molecular flexibility index (Phi) is 4.84. The van der Waals surface area contributed by atoms with Gasteiger partial charge in [-0.05, 0) is 54.5 Å². The number of methoxy groups -OCH3 is 2. The number of amidine groups is 1. The summed E-state index contributed by atoms with van der Waals surface area (Å²) in [5.74, 6) is 1.77. The topological polar surface area (TPSA) is 59.9 Å². The van der Waals surface area contributed by atoms with Crippen LogP contribution in [0.15, 0.2) is 53.2 Å². The second kappa shape index (κ2) is 7.21. The van der Waals surface area contributed by atoms with Crippen LogP contribution >= 0.6 is 0 Å². The van der Waals surface area contributed by atoms with Crippen LogP contribution in [0.4, 0.5) is 0 Å². The summed E-state index contributed by atoms with van der Waals surface area (Å²) in [5, 5.41) is 2.81. The van der Waals surface area contributed by atoms with Crippen molar-refractivity contribution in [1.29, 1.82) is 0 Å². The first-order valence-corrected chi connectivity index (χ1v) is 8.07. The second-order valence-electron chi connectivity index (χ2n) is 5.60. The third-order valence-corrected chi connectivity index (χ3v) is 4.05. The molecule has 2 aromatic rings. The SMILES string of the molecule is CCc1ccc(OC)c(/C=C2/N=C(c3ccc(OC)cc3)NC2=O)c1. The van der Waals surface area contributed by atoms with Crippen molar-refractivity contribution in [2.45, 2.75) is 13.3 Å². The van der Waals surface area contributed by atoms with Gasteiger partial charge in [0.2, 0.25) is 0 Å². The number of ether oxygens (including phenoxy) is 2. The summed E-state index contributed by atoms with van der Waals surface area (Å²) >= 11 is 0. The van der Waals surface area contributed by atoms with Gasteiger partial charge in [0.1, 0.15) is 23.0 Å². The Balaban J connectivity index is 1.95. The van der Waals surface area contributed by atoms with Crippen LogP contribution in [0.3, 0.4) is 0 Å². The minimum Gasteiger partial charge on any atom is -0.497 e. The maximum Gasteiger partial charge on any atom is 0.275 e. The van der Waals surface area contributed by atoms with E-state index >= 15 is 0 Å². The molecule has 0 bridgehead atoms. The summed E-state index contributed by atoms with van der Waals surface area (Å²) in [4.78, 5) is 16.7. The second-order valence-corrected chi connectivity index (χ2v) is 5.60. The molecule has 128 valence electrons. The molecule has 0 fully saturated rings. The van der Waals surface area contributed by atoms with Crippen LogP contribution in [0.1, 0.15) is 23.6 Å². The summed E-state index contributed by atoms with van der Waals surface area (Å²) in [6.45, 7) is 2.08. The lowest BCUT2D eigenvalue weighted by Crippen LogP contribution is -2.24. The molecule has 1 N–H and O–H groups in total. The zero-order valence-corrected chi connectivity index (χ0v) is 14.5. The molecule has 0 saturated heterocycles. The molecular formula is C20H20N2O3. The fourth-order valence-electron chi connectivity index (χ4n) is 2.62. The third kappa shape index (κ3) is 3.55. The third-order valence-electron chi connectivity index (χ3n) is 4.05. The fraction of sp³-hybridized carbons (Fsp3) is 0.200. The smallest absolute Gasteiger partial charge is 0.275 e. The van der Waals surface area contributed by atoms with Crippen LogP contribution in [0, 0.1) is 0 Å². The monoisotopic (exact) mass is 336 g/mol. The van der Waals surface area contributed by atoms with Crippen molar-refractivity contribution in [3.05, 3.63) is 64.9 Å². The minimum atomic E-state index is -0.227. The summed E-state index contributed by atoms with van der Waals surface area (Å²) < 4.78 is 10.5. The summed E-state index contributed by atoms with van der Waals surface area (Å²) in [5.41, 5.74) is 3.20. The first kappa shape index (κ1) is 16.8. The molecule has 0 radical (unpaired) electrons. The van der Waals surface area contributed by atoms with E-state index in [4.69, 9.17) is 9.47 Å². The fourth-order valence-corrected chi connectivity index (χ4v) is 2.62. The molecular weight excluding hydrogens is 316 g/mol. The average Bonchev–Trinajstić information content (AvgIpc) is 3.02. The van der Waals surface area contributed by atoms with Gasteiger partial charge in [-0.1, -0.05) is 13.0 Å². The van der Waals surface area contributed by atoms with Crippen LogP contribution in [0.5, 0.6) is 11.5 Å². The number of nitrogens with one attached hydrogen (secondary N) is 1. The molecule has 1 amide bonds. The predicted octanol–water partition coefficient (Wildman–Crippen LogP) is 3.18. The van der Waals surface area contributed by atoms with Crippen molar-refractivity contribution in [2.75, 3.05) is 14.2 Å². The van der Waals surface area contributed by atoms with Gasteiger partial charge >= 0.3 is 0 Å². The Hall–Kier alpha value is -3.08. The highest BCUT2D eigenvalue weighted by molar-refractivity contribution is 6.19. The summed E-state index contributed by atoms with van der Waals surface area (Å²) in [6, 6.07) is 13.3. The van der Waals surface area contributed by atoms with E-state index in [0.717, 1.165) is 23.3 Å². The van der Waals surface area contributed by atoms with Gasteiger partial charge in [0, 0.05) is 11.1 Å². The lowest BCUT2D eigenvalue weighted by Gasteiger charge is -2.07. The standard InChI is InChI=1S/C20H20N2O3/c1-4-13-5-10-18(25-3)15(11-13)12-17-20(23)22-19(21-17)14-6-8-16(24-2)9-7-14/h5-12H,4H2,1-3H3,(H,21,22,23)/b17-12+. The summed E-state index contributed by atoms with van der Waals surface area (Å²) in [7, 11) is 3.23. The van der Waals surface area contributed by atoms with E-state index in [9.17, 15) is 4.79 Å². The molecule has 0 saturated carbocycles. The van der Waals surface area contributed by atoms with Crippen molar-refractivity contribution in [2.24, 2.45) is 4.99 Å². The molecule has 1 aliphatic heterocycles. The lowest BCUT2D eigenvalue weighted by atomic mass is 10.1. The number of benzene rings is 2. The number of amides is 1. The van der Waals surface area contributed by atoms with Crippen LogP contribution < -0.4 is 14.8 Å². The first-order valence-electron chi connectivity index (χ1n) is 8.07. The van der Waals surface area contributed by atoms with Gasteiger partial charge in [0.25, 0.3) is 5.91 Å². The Morgan fingerprint density at radius 3 is 2.48 bits per heavy atom. The molecule has 5 heteroatoms. The normalized spacial score (nSPS) is 15.1. The molecule has 0 unspecified atom stereocenters. The number of carbonyl (C=O) groups is 1. The molecule has 0 aliphatic carbocycles. The number of hydrogen-bond acceptors (Lipinski definition) is 4. The van der Waals surface area contributed by atoms with E-state index in [1.165, 1.54) is 5.56 Å². The lowest BCUT2D eigenvalue weighted by molar-refractivity contribution is -0.115. The number of hydrogen-bond donors (Lipinski definition) is 1. The van der Waals surface area contributed by atoms with E-state index in [0.29, 0.717) is 17.3 Å². The molecule has 0 aromatic heterocycles. The summed E-state index contributed by atoms with van der Waals surface area (Å²) in [6.07, 6.45) is 2.66. The van der Waals surface area contributed by atoms with Gasteiger partial charge < -0.3 is 14.8 Å². The number of aliphatic imine (C=N–C) groups is 1. The van der Waals surface area contributed by atoms with Crippen LogP contribution in [-0.4, -0.2) is 26.0 Å². The van der Waals surface area contributed by atoms with E-state index in [1.807, 2.05) is 42.5 Å². The largest absolute Gasteiger partial charge is 0.497 e. The van der Waals surface area contributed by atoms with Gasteiger partial charge in [-0.25, -0.2) is 4.99 Å². The molecule has 0 atom stereocenters. The maximum atomic E-state index is 12.3. The quantitative estimate of drug-likeness (QED) is 0.853. The maximum absolute atomic E-state index is 12.3. The van der Waals surface area contributed by atoms with Crippen molar-refractivity contribution in [3.8, 4) is 11.5 Å². The predicted molar refractivity (Wildman–Crippen MR) is 98.0 cm³/mol. The Bertz CT molecular complexity index is 852. The minimum absolute atomic E-state index is 0.227. The van der Waals surface area contributed by atoms with Gasteiger partial charge in [-0.2, -0.15) is 0 Å². The first-order chi connectivity index (χ1) is 12.1. The van der Waals surface area contributed by atoms with Crippen molar-refractivity contribution >= 4 is 17.8 Å². The highest BCUT2D eigenvalue weighted by Crippen LogP contribution is 2.25. The van der Waals surface area contributed by atoms with Crippen molar-refractivity contribution in [3.63, 3.8) is 0 Å². The number of rotatable bonds is 5. The highest BCUT2D eigenvalue weighted by atomic mass is 16.5. The molecule has 1 heterocycles. The van der Waals surface area contributed by atoms with Crippen LogP contribution in [-0.2, 0) is 11.2 Å². The van der Waals surface area contributed by atoms with Gasteiger partial charge in [0.15, 0.2) is 0 Å². The van der Waals surface area contributed by atoms with Gasteiger partial charge in [-0.3, -0.25) is 4.79 Å². The molecule has 5 nitrogen and oxygen atoms in total. The number of carbonyl (C=O) groups excluding carboxylic acids is 1. The van der Waals surface area contributed by atoms with Gasteiger partial charge in [-0.15, -0.1) is 0 Å². The average molecular weight is 336 g/mol. The molecule has 3 rings (SSSR count). The zero-order chi connectivity index (χ0) is 17.8. The van der Waals surface area contributed by atoms with Crippen molar-refractivity contribution < 1.29 is 14.3 Å². The molecule has 2 aromatic carbocycles. The van der Waals surface area contributed by atoms with E-state index in [2.05, 4.69) is 17.2 Å². The molecule has 25 heavy (non-hydrogen) atoms. The van der Waals surface area contributed by atoms with Crippen molar-refractivity contribution in [1.82, 2.24) is 5.32 Å². The number of nitrogens with zero attached hydrogens (tertiary/aromatic N) is 1. The van der Waals surface area contributed by atoms with E-state index < -0.39 is 0 Å². The Morgan fingerprint density at radius 2 is 1.84 bits per heavy atom. The van der Waals surface area contributed by atoms with Crippen LogP contribution in [0.2, 0.25) is 0 Å². The highest BCUT2D eigenvalue weighted by Gasteiger charge is 2.21. The Labute approximate surface area is 147 Å². The zero-order valence-electron chi connectivity index (χ0n) is 14.5. The Morgan fingerprint density at radius 1 is 1.08 bits per heavy atom. The molecule has 1 aliphatic rings.